The van der Waals surface area contributed by atoms with Gasteiger partial charge in [0.15, 0.2) is 0 Å². The highest BCUT2D eigenvalue weighted by atomic mass is 32.2. The number of hydrogen-bond donors (Lipinski definition) is 0. The van der Waals surface area contributed by atoms with Crippen LogP contribution < -0.4 is 4.90 Å². The molecule has 1 aliphatic rings. The summed E-state index contributed by atoms with van der Waals surface area (Å²) in [5.41, 5.74) is 1.96. The quantitative estimate of drug-likeness (QED) is 0.395. The molecule has 0 aliphatic carbocycles. The van der Waals surface area contributed by atoms with Crippen molar-refractivity contribution in [3.8, 4) is 0 Å². The normalized spacial score (nSPS) is 16.8. The van der Waals surface area contributed by atoms with Gasteiger partial charge in [0.2, 0.25) is 0 Å². The zero-order valence-corrected chi connectivity index (χ0v) is 16.4. The Morgan fingerprint density at radius 2 is 1.84 bits per heavy atom. The molecule has 0 aromatic heterocycles. The predicted octanol–water partition coefficient (Wildman–Crippen LogP) is 2.28. The monoisotopic (exact) mass is 399 g/mol. The average molecular weight is 400 g/mol. The van der Waals surface area contributed by atoms with Gasteiger partial charge in [0.05, 0.1) is 20.8 Å². The maximum atomic E-state index is 12.3. The van der Waals surface area contributed by atoms with Crippen molar-refractivity contribution in [3.63, 3.8) is 0 Å². The Morgan fingerprint density at radius 1 is 1.24 bits per heavy atom. The van der Waals surface area contributed by atoms with Crippen molar-refractivity contribution < 1.29 is 17.8 Å². The number of carbonyl (C=O) groups is 1. The second-order valence-corrected chi connectivity index (χ2v) is 8.56. The molecule has 1 fully saturated rings. The molecule has 1 saturated heterocycles. The molecule has 1 aliphatic heterocycles. The summed E-state index contributed by atoms with van der Waals surface area (Å²) >= 11 is 6.22. The van der Waals surface area contributed by atoms with Crippen molar-refractivity contribution in [2.24, 2.45) is 0 Å². The van der Waals surface area contributed by atoms with E-state index in [0.717, 1.165) is 41.0 Å². The number of benzene rings is 1. The lowest BCUT2D eigenvalue weighted by Gasteiger charge is -2.20. The van der Waals surface area contributed by atoms with Crippen LogP contribution in [0.4, 0.5) is 5.69 Å². The summed E-state index contributed by atoms with van der Waals surface area (Å²) in [6.07, 6.45) is 1.72. The first-order valence-corrected chi connectivity index (χ1v) is 10.6. The Morgan fingerprint density at radius 3 is 2.36 bits per heavy atom. The molecule has 1 amide bonds. The summed E-state index contributed by atoms with van der Waals surface area (Å²) in [4.78, 5) is 16.1. The Labute approximate surface area is 157 Å². The molecule has 0 N–H and O–H groups in total. The van der Waals surface area contributed by atoms with Crippen LogP contribution in [0.15, 0.2) is 29.2 Å². The van der Waals surface area contributed by atoms with Crippen LogP contribution >= 0.6 is 24.0 Å². The number of amides is 1. The van der Waals surface area contributed by atoms with E-state index in [-0.39, 0.29) is 16.8 Å². The van der Waals surface area contributed by atoms with E-state index >= 15 is 0 Å². The van der Waals surface area contributed by atoms with E-state index in [1.54, 1.807) is 6.08 Å². The molecule has 0 radical (unpaired) electrons. The fourth-order valence-electron chi connectivity index (χ4n) is 2.42. The molecule has 1 aromatic carbocycles. The highest BCUT2D eigenvalue weighted by molar-refractivity contribution is 8.26. The van der Waals surface area contributed by atoms with Gasteiger partial charge < -0.3 is 9.45 Å². The maximum Gasteiger partial charge on any atom is 0.266 e. The van der Waals surface area contributed by atoms with Crippen LogP contribution in [0, 0.1) is 0 Å². The van der Waals surface area contributed by atoms with E-state index in [1.165, 1.54) is 0 Å². The molecule has 136 valence electrons. The van der Waals surface area contributed by atoms with Crippen molar-refractivity contribution in [2.75, 3.05) is 30.3 Å². The van der Waals surface area contributed by atoms with Crippen LogP contribution in [0.3, 0.4) is 0 Å². The van der Waals surface area contributed by atoms with Gasteiger partial charge in [-0.1, -0.05) is 36.1 Å². The molecule has 0 bridgehead atoms. The van der Waals surface area contributed by atoms with Gasteiger partial charge in [0.1, 0.15) is 4.32 Å². The Bertz CT molecular complexity index is 784. The summed E-state index contributed by atoms with van der Waals surface area (Å²) in [5, 5.41) is 0. The molecule has 1 aromatic rings. The molecule has 25 heavy (non-hydrogen) atoms. The molecule has 0 unspecified atom stereocenters. The highest BCUT2D eigenvalue weighted by Gasteiger charge is 2.31. The standard InChI is InChI=1S/C16H20N2O4S3/c1-3-17(4-2)13-7-5-12(6-8-13)11-14-15(19)18(16(23)24-14)9-10-25(20,21)22/h5-8,11H,3-4,9-10H2,1-2H3,(H,20,21,22)/p-1/b14-11+. The van der Waals surface area contributed by atoms with Crippen LogP contribution in [-0.2, 0) is 14.9 Å². The van der Waals surface area contributed by atoms with Gasteiger partial charge in [-0.05, 0) is 37.6 Å². The van der Waals surface area contributed by atoms with Crippen molar-refractivity contribution in [3.05, 3.63) is 34.7 Å². The molecule has 0 spiro atoms. The first-order chi connectivity index (χ1) is 11.7. The summed E-state index contributed by atoms with van der Waals surface area (Å²) in [5.74, 6) is -1.02. The van der Waals surface area contributed by atoms with Crippen LogP contribution in [0.5, 0.6) is 0 Å². The number of hydrogen-bond acceptors (Lipinski definition) is 7. The van der Waals surface area contributed by atoms with Crippen LogP contribution in [0.1, 0.15) is 19.4 Å². The van der Waals surface area contributed by atoms with E-state index in [4.69, 9.17) is 12.2 Å². The first kappa shape index (κ1) is 19.9. The number of carbonyl (C=O) groups excluding carboxylic acids is 1. The van der Waals surface area contributed by atoms with E-state index in [1.807, 2.05) is 24.3 Å². The van der Waals surface area contributed by atoms with Crippen molar-refractivity contribution in [1.29, 1.82) is 0 Å². The van der Waals surface area contributed by atoms with E-state index in [2.05, 4.69) is 18.7 Å². The highest BCUT2D eigenvalue weighted by Crippen LogP contribution is 2.32. The lowest BCUT2D eigenvalue weighted by molar-refractivity contribution is -0.121. The van der Waals surface area contributed by atoms with Gasteiger partial charge in [-0.25, -0.2) is 8.42 Å². The minimum atomic E-state index is -4.39. The topological polar surface area (TPSA) is 80.8 Å². The second-order valence-electron chi connectivity index (χ2n) is 5.36. The minimum Gasteiger partial charge on any atom is -0.748 e. The van der Waals surface area contributed by atoms with Gasteiger partial charge in [-0.15, -0.1) is 0 Å². The van der Waals surface area contributed by atoms with Gasteiger partial charge >= 0.3 is 0 Å². The fraction of sp³-hybridized carbons (Fsp3) is 0.375. The molecule has 2 rings (SSSR count). The van der Waals surface area contributed by atoms with Crippen molar-refractivity contribution in [2.45, 2.75) is 13.8 Å². The molecule has 0 saturated carbocycles. The number of rotatable bonds is 7. The fourth-order valence-corrected chi connectivity index (χ4v) is 4.13. The van der Waals surface area contributed by atoms with Crippen molar-refractivity contribution >= 4 is 56.1 Å². The lowest BCUT2D eigenvalue weighted by Crippen LogP contribution is -2.32. The molecule has 9 heteroatoms. The lowest BCUT2D eigenvalue weighted by atomic mass is 10.1. The molecular formula is C16H19N2O4S3-. The Balaban J connectivity index is 2.13. The van der Waals surface area contributed by atoms with Gasteiger partial charge in [-0.2, -0.15) is 0 Å². The van der Waals surface area contributed by atoms with Gasteiger partial charge in [0, 0.05) is 25.3 Å². The molecule has 0 atom stereocenters. The SMILES string of the molecule is CCN(CC)c1ccc(/C=C2/SC(=S)N(CCS(=O)(=O)[O-])C2=O)cc1. The molecule has 1 heterocycles. The van der Waals surface area contributed by atoms with E-state index < -0.39 is 15.9 Å². The second kappa shape index (κ2) is 8.31. The molecular weight excluding hydrogens is 380 g/mol. The van der Waals surface area contributed by atoms with Crippen LogP contribution in [-0.4, -0.2) is 53.5 Å². The van der Waals surface area contributed by atoms with Crippen LogP contribution in [0.25, 0.3) is 6.08 Å². The van der Waals surface area contributed by atoms with E-state index in [9.17, 15) is 17.8 Å². The summed E-state index contributed by atoms with van der Waals surface area (Å²) < 4.78 is 32.5. The summed E-state index contributed by atoms with van der Waals surface area (Å²) in [7, 11) is -4.39. The van der Waals surface area contributed by atoms with E-state index in [0.29, 0.717) is 4.91 Å². The van der Waals surface area contributed by atoms with Gasteiger partial charge in [0.25, 0.3) is 5.91 Å². The summed E-state index contributed by atoms with van der Waals surface area (Å²) in [6, 6.07) is 7.82. The zero-order chi connectivity index (χ0) is 18.6. The smallest absolute Gasteiger partial charge is 0.266 e. The first-order valence-electron chi connectivity index (χ1n) is 7.79. The zero-order valence-electron chi connectivity index (χ0n) is 14.0. The maximum absolute atomic E-state index is 12.3. The number of thiocarbonyl (C=S) groups is 1. The Hall–Kier alpha value is -1.42. The van der Waals surface area contributed by atoms with Crippen molar-refractivity contribution in [1.82, 2.24) is 4.90 Å². The Kier molecular flexibility index (Phi) is 6.61. The van der Waals surface area contributed by atoms with Crippen LogP contribution in [0.2, 0.25) is 0 Å². The largest absolute Gasteiger partial charge is 0.748 e. The number of thioether (sulfide) groups is 1. The third-order valence-corrected chi connectivity index (χ3v) is 5.82. The predicted molar refractivity (Wildman–Crippen MR) is 104 cm³/mol. The third-order valence-electron chi connectivity index (χ3n) is 3.76. The summed E-state index contributed by atoms with van der Waals surface area (Å²) in [6.45, 7) is 5.79. The average Bonchev–Trinajstić information content (AvgIpc) is 2.81. The number of anilines is 1. The minimum absolute atomic E-state index is 0.214. The molecule has 6 nitrogen and oxygen atoms in total. The van der Waals surface area contributed by atoms with Gasteiger partial charge in [-0.3, -0.25) is 9.69 Å². The number of nitrogens with zero attached hydrogens (tertiary/aromatic N) is 2. The third kappa shape index (κ3) is 5.27.